The minimum atomic E-state index is -0.679. The zero-order valence-electron chi connectivity index (χ0n) is 8.94. The van der Waals surface area contributed by atoms with E-state index in [1.165, 1.54) is 16.8 Å². The Morgan fingerprint density at radius 1 is 1.17 bits per heavy atom. The Morgan fingerprint density at radius 2 is 2.00 bits per heavy atom. The van der Waals surface area contributed by atoms with Crippen LogP contribution in [0.1, 0.15) is 0 Å². The third-order valence-electron chi connectivity index (χ3n) is 2.56. The highest BCUT2D eigenvalue weighted by molar-refractivity contribution is 9.10. The van der Waals surface area contributed by atoms with Crippen LogP contribution in [0, 0.1) is 11.6 Å². The minimum absolute atomic E-state index is 0.164. The van der Waals surface area contributed by atoms with E-state index in [4.69, 9.17) is 0 Å². The van der Waals surface area contributed by atoms with Gasteiger partial charge >= 0.3 is 0 Å². The molecular formula is C12H6BrF2N3. The van der Waals surface area contributed by atoms with Gasteiger partial charge in [-0.15, -0.1) is 0 Å². The van der Waals surface area contributed by atoms with E-state index >= 15 is 0 Å². The molecule has 0 unspecified atom stereocenters. The van der Waals surface area contributed by atoms with Gasteiger partial charge in [0.1, 0.15) is 11.5 Å². The summed E-state index contributed by atoms with van der Waals surface area (Å²) in [7, 11) is 0. The molecule has 0 fully saturated rings. The Balaban J connectivity index is 2.29. The number of aromatic nitrogens is 3. The molecule has 1 aromatic carbocycles. The second kappa shape index (κ2) is 4.13. The highest BCUT2D eigenvalue weighted by Crippen LogP contribution is 2.24. The van der Waals surface area contributed by atoms with Crippen molar-refractivity contribution in [1.29, 1.82) is 0 Å². The lowest BCUT2D eigenvalue weighted by atomic mass is 10.3. The first kappa shape index (κ1) is 11.3. The lowest BCUT2D eigenvalue weighted by molar-refractivity contribution is 0.574. The van der Waals surface area contributed by atoms with Crippen molar-refractivity contribution in [3.05, 3.63) is 52.8 Å². The number of halogens is 3. The van der Waals surface area contributed by atoms with E-state index < -0.39 is 11.6 Å². The van der Waals surface area contributed by atoms with E-state index in [0.29, 0.717) is 5.65 Å². The van der Waals surface area contributed by atoms with Crippen molar-refractivity contribution >= 4 is 27.0 Å². The first-order valence-corrected chi connectivity index (χ1v) is 5.90. The lowest BCUT2D eigenvalue weighted by Gasteiger charge is -2.04. The van der Waals surface area contributed by atoms with Crippen LogP contribution in [0.4, 0.5) is 8.78 Å². The molecule has 0 aliphatic rings. The van der Waals surface area contributed by atoms with E-state index in [1.807, 2.05) is 0 Å². The Labute approximate surface area is 109 Å². The molecule has 0 radical (unpaired) electrons. The SMILES string of the molecule is Fc1ccc(-n2ncc3c(Br)ccnc32)c(F)c1. The minimum Gasteiger partial charge on any atom is -0.236 e. The predicted octanol–water partition coefficient (Wildman–Crippen LogP) is 3.46. The van der Waals surface area contributed by atoms with Crippen molar-refractivity contribution in [2.45, 2.75) is 0 Å². The summed E-state index contributed by atoms with van der Waals surface area (Å²) in [6, 6.07) is 5.11. The second-order valence-electron chi connectivity index (χ2n) is 3.68. The zero-order valence-corrected chi connectivity index (χ0v) is 10.5. The number of rotatable bonds is 1. The largest absolute Gasteiger partial charge is 0.236 e. The summed E-state index contributed by atoms with van der Waals surface area (Å²) in [6.07, 6.45) is 3.17. The Hall–Kier alpha value is -1.82. The maximum absolute atomic E-state index is 13.7. The molecule has 0 spiro atoms. The van der Waals surface area contributed by atoms with Crippen molar-refractivity contribution < 1.29 is 8.78 Å². The Kier molecular flexibility index (Phi) is 2.59. The van der Waals surface area contributed by atoms with Crippen LogP contribution in [0.25, 0.3) is 16.7 Å². The summed E-state index contributed by atoms with van der Waals surface area (Å²) in [5, 5.41) is 4.84. The van der Waals surface area contributed by atoms with Gasteiger partial charge in [0.05, 0.1) is 11.6 Å². The van der Waals surface area contributed by atoms with Gasteiger partial charge in [0.2, 0.25) is 0 Å². The van der Waals surface area contributed by atoms with Crippen LogP contribution in [0.2, 0.25) is 0 Å². The normalized spacial score (nSPS) is 11.1. The third-order valence-corrected chi connectivity index (χ3v) is 3.25. The number of nitrogens with zero attached hydrogens (tertiary/aromatic N) is 3. The Bertz CT molecular complexity index is 739. The number of hydrogen-bond acceptors (Lipinski definition) is 2. The molecule has 2 aromatic heterocycles. The summed E-state index contributed by atoms with van der Waals surface area (Å²) in [5.74, 6) is -1.30. The molecular weight excluding hydrogens is 304 g/mol. The van der Waals surface area contributed by atoms with E-state index in [9.17, 15) is 8.78 Å². The van der Waals surface area contributed by atoms with E-state index in [2.05, 4.69) is 26.0 Å². The molecule has 0 saturated carbocycles. The van der Waals surface area contributed by atoms with Gasteiger partial charge in [0, 0.05) is 16.7 Å². The molecule has 18 heavy (non-hydrogen) atoms. The molecule has 3 nitrogen and oxygen atoms in total. The highest BCUT2D eigenvalue weighted by Gasteiger charge is 2.12. The molecule has 6 heteroatoms. The average molecular weight is 310 g/mol. The molecule has 0 aliphatic heterocycles. The fourth-order valence-electron chi connectivity index (χ4n) is 1.73. The molecule has 90 valence electrons. The van der Waals surface area contributed by atoms with Crippen molar-refractivity contribution in [2.24, 2.45) is 0 Å². The molecule has 0 atom stereocenters. The summed E-state index contributed by atoms with van der Waals surface area (Å²) in [5.41, 5.74) is 0.673. The van der Waals surface area contributed by atoms with Crippen molar-refractivity contribution in [2.75, 3.05) is 0 Å². The maximum Gasteiger partial charge on any atom is 0.164 e. The molecule has 2 heterocycles. The van der Waals surface area contributed by atoms with Crippen LogP contribution in [0.15, 0.2) is 41.1 Å². The van der Waals surface area contributed by atoms with Crippen molar-refractivity contribution in [1.82, 2.24) is 14.8 Å². The van der Waals surface area contributed by atoms with Gasteiger partial charge in [0.25, 0.3) is 0 Å². The van der Waals surface area contributed by atoms with E-state index in [-0.39, 0.29) is 5.69 Å². The van der Waals surface area contributed by atoms with Crippen molar-refractivity contribution in [3.8, 4) is 5.69 Å². The zero-order chi connectivity index (χ0) is 12.7. The van der Waals surface area contributed by atoms with Crippen LogP contribution < -0.4 is 0 Å². The van der Waals surface area contributed by atoms with Gasteiger partial charge in [-0.2, -0.15) is 5.10 Å². The van der Waals surface area contributed by atoms with Crippen LogP contribution in [0.3, 0.4) is 0 Å². The number of benzene rings is 1. The second-order valence-corrected chi connectivity index (χ2v) is 4.54. The molecule has 0 saturated heterocycles. The monoisotopic (exact) mass is 309 g/mol. The fraction of sp³-hybridized carbons (Fsp3) is 0. The van der Waals surface area contributed by atoms with Gasteiger partial charge in [0.15, 0.2) is 11.5 Å². The van der Waals surface area contributed by atoms with Crippen LogP contribution in [-0.2, 0) is 0 Å². The average Bonchev–Trinajstić information content (AvgIpc) is 2.74. The van der Waals surface area contributed by atoms with Crippen LogP contribution in [0.5, 0.6) is 0 Å². The van der Waals surface area contributed by atoms with E-state index in [1.54, 1.807) is 18.5 Å². The summed E-state index contributed by atoms with van der Waals surface area (Å²) in [4.78, 5) is 4.15. The van der Waals surface area contributed by atoms with Gasteiger partial charge in [-0.1, -0.05) is 0 Å². The molecule has 0 bridgehead atoms. The van der Waals surface area contributed by atoms with Crippen LogP contribution >= 0.6 is 15.9 Å². The standard InChI is InChI=1S/C12H6BrF2N3/c13-9-3-4-16-12-8(9)6-17-18(12)11-2-1-7(14)5-10(11)15/h1-6H. The predicted molar refractivity (Wildman–Crippen MR) is 66.5 cm³/mol. The fourth-order valence-corrected chi connectivity index (χ4v) is 2.13. The van der Waals surface area contributed by atoms with Crippen molar-refractivity contribution in [3.63, 3.8) is 0 Å². The number of fused-ring (bicyclic) bond motifs is 1. The lowest BCUT2D eigenvalue weighted by Crippen LogP contribution is -2.01. The third kappa shape index (κ3) is 1.69. The van der Waals surface area contributed by atoms with Gasteiger partial charge in [-0.3, -0.25) is 0 Å². The van der Waals surface area contributed by atoms with Gasteiger partial charge < -0.3 is 0 Å². The molecule has 0 amide bonds. The Morgan fingerprint density at radius 3 is 2.78 bits per heavy atom. The molecule has 3 aromatic rings. The highest BCUT2D eigenvalue weighted by atomic mass is 79.9. The number of pyridine rings is 1. The van der Waals surface area contributed by atoms with Crippen LogP contribution in [-0.4, -0.2) is 14.8 Å². The molecule has 0 aliphatic carbocycles. The summed E-state index contributed by atoms with van der Waals surface area (Å²) in [6.45, 7) is 0. The maximum atomic E-state index is 13.7. The quantitative estimate of drug-likeness (QED) is 0.689. The first-order valence-electron chi connectivity index (χ1n) is 5.10. The number of hydrogen-bond donors (Lipinski definition) is 0. The topological polar surface area (TPSA) is 30.7 Å². The smallest absolute Gasteiger partial charge is 0.164 e. The first-order chi connectivity index (χ1) is 8.66. The summed E-state index contributed by atoms with van der Waals surface area (Å²) >= 11 is 3.37. The van der Waals surface area contributed by atoms with E-state index in [0.717, 1.165) is 15.9 Å². The van der Waals surface area contributed by atoms with Gasteiger partial charge in [-0.05, 0) is 34.1 Å². The summed E-state index contributed by atoms with van der Waals surface area (Å²) < 4.78 is 28.7. The molecule has 3 rings (SSSR count). The molecule has 0 N–H and O–H groups in total. The van der Waals surface area contributed by atoms with Gasteiger partial charge in [-0.25, -0.2) is 18.4 Å².